The minimum Gasteiger partial charge on any atom is -0.354 e. The van der Waals surface area contributed by atoms with Crippen LogP contribution in [0.3, 0.4) is 0 Å². The fourth-order valence-electron chi connectivity index (χ4n) is 5.24. The lowest BCUT2D eigenvalue weighted by atomic mass is 9.84. The van der Waals surface area contributed by atoms with Crippen molar-refractivity contribution in [3.63, 3.8) is 0 Å². The van der Waals surface area contributed by atoms with Gasteiger partial charge in [0.05, 0.1) is 6.04 Å². The van der Waals surface area contributed by atoms with Crippen molar-refractivity contribution in [2.45, 2.75) is 95.2 Å². The number of rotatable bonds is 3. The first-order valence-electron chi connectivity index (χ1n) is 10.7. The number of hydrogen-bond acceptors (Lipinski definition) is 2. The highest BCUT2D eigenvalue weighted by Gasteiger charge is 2.34. The average molecular weight is 405 g/mol. The molecular formula is C20H38Cl2N4. The zero-order valence-corrected chi connectivity index (χ0v) is 17.8. The van der Waals surface area contributed by atoms with E-state index < -0.39 is 0 Å². The normalized spacial score (nSPS) is 32.1. The summed E-state index contributed by atoms with van der Waals surface area (Å²) < 4.78 is 0. The molecule has 0 aromatic rings. The summed E-state index contributed by atoms with van der Waals surface area (Å²) >= 11 is 0. The van der Waals surface area contributed by atoms with Crippen LogP contribution in [0.4, 0.5) is 0 Å². The quantitative estimate of drug-likeness (QED) is 0.548. The molecule has 0 radical (unpaired) electrons. The zero-order chi connectivity index (χ0) is 16.2. The largest absolute Gasteiger partial charge is 0.354 e. The number of nitrogens with zero attached hydrogens (tertiary/aromatic N) is 2. The van der Waals surface area contributed by atoms with Crippen LogP contribution >= 0.6 is 24.8 Å². The summed E-state index contributed by atoms with van der Waals surface area (Å²) in [4.78, 5) is 7.88. The van der Waals surface area contributed by atoms with Crippen molar-refractivity contribution in [2.75, 3.05) is 19.6 Å². The van der Waals surface area contributed by atoms with Gasteiger partial charge in [-0.05, 0) is 57.5 Å². The van der Waals surface area contributed by atoms with E-state index >= 15 is 0 Å². The molecule has 0 amide bonds. The SMILES string of the molecule is C1CCC(NC(=NC2CN3CCC2CC3)NC2CCCCC2)CC1.Cl.Cl. The highest BCUT2D eigenvalue weighted by Crippen LogP contribution is 2.29. The van der Waals surface area contributed by atoms with Crippen molar-refractivity contribution in [1.29, 1.82) is 0 Å². The molecule has 5 aliphatic rings. The molecule has 4 nitrogen and oxygen atoms in total. The minimum atomic E-state index is 0. The van der Waals surface area contributed by atoms with Crippen molar-refractivity contribution in [2.24, 2.45) is 10.9 Å². The Labute approximate surface area is 172 Å². The summed E-state index contributed by atoms with van der Waals surface area (Å²) in [6, 6.07) is 1.82. The topological polar surface area (TPSA) is 39.7 Å². The number of fused-ring (bicyclic) bond motifs is 3. The Morgan fingerprint density at radius 1 is 0.692 bits per heavy atom. The maximum atomic E-state index is 5.26. The molecule has 5 rings (SSSR count). The Morgan fingerprint density at radius 3 is 1.62 bits per heavy atom. The first-order valence-corrected chi connectivity index (χ1v) is 10.7. The molecule has 3 saturated heterocycles. The van der Waals surface area contributed by atoms with Gasteiger partial charge in [0.2, 0.25) is 0 Å². The predicted molar refractivity (Wildman–Crippen MR) is 115 cm³/mol. The molecule has 26 heavy (non-hydrogen) atoms. The first-order chi connectivity index (χ1) is 11.9. The Hall–Kier alpha value is -0.190. The van der Waals surface area contributed by atoms with E-state index in [0.29, 0.717) is 18.1 Å². The van der Waals surface area contributed by atoms with Gasteiger partial charge in [-0.2, -0.15) is 0 Å². The summed E-state index contributed by atoms with van der Waals surface area (Å²) in [6.45, 7) is 3.79. The van der Waals surface area contributed by atoms with E-state index in [1.807, 2.05) is 0 Å². The van der Waals surface area contributed by atoms with Crippen LogP contribution in [0.5, 0.6) is 0 Å². The van der Waals surface area contributed by atoms with Gasteiger partial charge in [0.1, 0.15) is 0 Å². The molecule has 0 aromatic heterocycles. The Bertz CT molecular complexity index is 404. The molecule has 0 aromatic carbocycles. The molecule has 3 heterocycles. The van der Waals surface area contributed by atoms with Crippen LogP contribution in [0.2, 0.25) is 0 Å². The predicted octanol–water partition coefficient (Wildman–Crippen LogP) is 4.12. The van der Waals surface area contributed by atoms with Gasteiger partial charge in [0.25, 0.3) is 0 Å². The van der Waals surface area contributed by atoms with Crippen LogP contribution in [-0.4, -0.2) is 48.6 Å². The maximum absolute atomic E-state index is 5.26. The molecule has 2 saturated carbocycles. The lowest BCUT2D eigenvalue weighted by molar-refractivity contribution is 0.0902. The monoisotopic (exact) mass is 404 g/mol. The van der Waals surface area contributed by atoms with E-state index in [9.17, 15) is 0 Å². The van der Waals surface area contributed by atoms with Gasteiger partial charge in [-0.25, -0.2) is 4.99 Å². The molecule has 0 spiro atoms. The van der Waals surface area contributed by atoms with Crippen molar-refractivity contribution in [3.8, 4) is 0 Å². The Kier molecular flexibility index (Phi) is 9.32. The second-order valence-corrected chi connectivity index (χ2v) is 8.64. The van der Waals surface area contributed by atoms with Gasteiger partial charge >= 0.3 is 0 Å². The minimum absolute atomic E-state index is 0. The standard InChI is InChI=1S/C20H36N4.2ClH/c1-3-7-17(8-4-1)21-20(22-18-9-5-2-6-10-18)23-19-15-24-13-11-16(19)12-14-24;;/h16-19H,1-15H2,(H2,21,22,23);2*1H. The molecule has 1 atom stereocenters. The lowest BCUT2D eigenvalue weighted by Gasteiger charge is -2.43. The second-order valence-electron chi connectivity index (χ2n) is 8.64. The summed E-state index contributed by atoms with van der Waals surface area (Å²) in [5.74, 6) is 1.97. The molecular weight excluding hydrogens is 367 g/mol. The third-order valence-corrected chi connectivity index (χ3v) is 6.81. The summed E-state index contributed by atoms with van der Waals surface area (Å²) in [5, 5.41) is 7.66. The molecule has 2 N–H and O–H groups in total. The summed E-state index contributed by atoms with van der Waals surface area (Å²) in [7, 11) is 0. The Balaban J connectivity index is 0.00000121. The molecule has 2 aliphatic carbocycles. The van der Waals surface area contributed by atoms with Gasteiger partial charge in [-0.3, -0.25) is 0 Å². The van der Waals surface area contributed by atoms with E-state index in [4.69, 9.17) is 4.99 Å². The molecule has 3 aliphatic heterocycles. The Morgan fingerprint density at radius 2 is 1.19 bits per heavy atom. The van der Waals surface area contributed by atoms with Gasteiger partial charge in [-0.1, -0.05) is 38.5 Å². The third kappa shape index (κ3) is 5.90. The highest BCUT2D eigenvalue weighted by molar-refractivity contribution is 5.85. The molecule has 2 bridgehead atoms. The van der Waals surface area contributed by atoms with E-state index in [0.717, 1.165) is 11.9 Å². The fourth-order valence-corrected chi connectivity index (χ4v) is 5.24. The van der Waals surface area contributed by atoms with E-state index in [1.54, 1.807) is 0 Å². The number of hydrogen-bond donors (Lipinski definition) is 2. The summed E-state index contributed by atoms with van der Waals surface area (Å²) in [6.07, 6.45) is 16.4. The number of guanidine groups is 1. The van der Waals surface area contributed by atoms with E-state index in [1.165, 1.54) is 96.7 Å². The number of aliphatic imine (C=N–C) groups is 1. The first kappa shape index (κ1) is 22.1. The summed E-state index contributed by atoms with van der Waals surface area (Å²) in [5.41, 5.74) is 0. The molecule has 6 heteroatoms. The molecule has 152 valence electrons. The molecule has 5 fully saturated rings. The van der Waals surface area contributed by atoms with Crippen LogP contribution in [0.1, 0.15) is 77.0 Å². The van der Waals surface area contributed by atoms with Crippen molar-refractivity contribution >= 4 is 30.8 Å². The van der Waals surface area contributed by atoms with Crippen LogP contribution in [0.25, 0.3) is 0 Å². The highest BCUT2D eigenvalue weighted by atomic mass is 35.5. The number of piperidine rings is 3. The van der Waals surface area contributed by atoms with Crippen molar-refractivity contribution < 1.29 is 0 Å². The maximum Gasteiger partial charge on any atom is 0.192 e. The van der Waals surface area contributed by atoms with Crippen LogP contribution in [0, 0.1) is 5.92 Å². The van der Waals surface area contributed by atoms with Gasteiger partial charge in [0, 0.05) is 18.6 Å². The second kappa shape index (κ2) is 11.0. The number of halogens is 2. The van der Waals surface area contributed by atoms with Crippen LogP contribution in [0.15, 0.2) is 4.99 Å². The van der Waals surface area contributed by atoms with E-state index in [-0.39, 0.29) is 24.8 Å². The van der Waals surface area contributed by atoms with Gasteiger partial charge in [-0.15, -0.1) is 24.8 Å². The van der Waals surface area contributed by atoms with E-state index in [2.05, 4.69) is 15.5 Å². The molecule has 1 unspecified atom stereocenters. The average Bonchev–Trinajstić information content (AvgIpc) is 2.64. The zero-order valence-electron chi connectivity index (χ0n) is 16.1. The van der Waals surface area contributed by atoms with Crippen LogP contribution < -0.4 is 10.6 Å². The van der Waals surface area contributed by atoms with Gasteiger partial charge in [0.15, 0.2) is 5.96 Å². The lowest BCUT2D eigenvalue weighted by Crippen LogP contribution is -2.53. The number of nitrogens with one attached hydrogen (secondary N) is 2. The van der Waals surface area contributed by atoms with Crippen molar-refractivity contribution in [3.05, 3.63) is 0 Å². The smallest absolute Gasteiger partial charge is 0.192 e. The van der Waals surface area contributed by atoms with Gasteiger partial charge < -0.3 is 15.5 Å². The fraction of sp³-hybridized carbons (Fsp3) is 0.950. The van der Waals surface area contributed by atoms with Crippen LogP contribution in [-0.2, 0) is 0 Å². The van der Waals surface area contributed by atoms with Crippen molar-refractivity contribution in [1.82, 2.24) is 15.5 Å². The third-order valence-electron chi connectivity index (χ3n) is 6.81.